The minimum Gasteiger partial charge on any atom is -0.444 e. The van der Waals surface area contributed by atoms with Crippen LogP contribution in [0.4, 0.5) is 4.79 Å². The van der Waals surface area contributed by atoms with Crippen molar-refractivity contribution in [3.05, 3.63) is 11.6 Å². The summed E-state index contributed by atoms with van der Waals surface area (Å²) in [6.07, 6.45) is 7.51. The van der Waals surface area contributed by atoms with Gasteiger partial charge in [-0.2, -0.15) is 0 Å². The summed E-state index contributed by atoms with van der Waals surface area (Å²) in [6.45, 7) is 10.7. The number of ether oxygens (including phenoxy) is 1. The van der Waals surface area contributed by atoms with Crippen LogP contribution in [0.2, 0.25) is 0 Å². The first-order valence-corrected chi connectivity index (χ1v) is 11.6. The van der Waals surface area contributed by atoms with E-state index in [-0.39, 0.29) is 36.1 Å². The Kier molecular flexibility index (Phi) is 12.3. The number of aliphatic imine (C=N–C) groups is 1. The molecular formula is C22H42IN7O2. The van der Waals surface area contributed by atoms with Gasteiger partial charge in [-0.15, -0.1) is 34.2 Å². The Bertz CT molecular complexity index is 724. The van der Waals surface area contributed by atoms with Gasteiger partial charge in [0.2, 0.25) is 0 Å². The third-order valence-electron chi connectivity index (χ3n) is 5.38. The third-order valence-corrected chi connectivity index (χ3v) is 5.38. The second-order valence-electron chi connectivity index (χ2n) is 9.38. The molecule has 184 valence electrons. The van der Waals surface area contributed by atoms with Crippen LogP contribution < -0.4 is 16.0 Å². The van der Waals surface area contributed by atoms with Gasteiger partial charge in [0.15, 0.2) is 11.8 Å². The lowest BCUT2D eigenvalue weighted by Gasteiger charge is -2.27. The van der Waals surface area contributed by atoms with Crippen LogP contribution >= 0.6 is 24.0 Å². The smallest absolute Gasteiger partial charge is 0.407 e. The van der Waals surface area contributed by atoms with E-state index in [4.69, 9.17) is 9.73 Å². The van der Waals surface area contributed by atoms with E-state index in [1.807, 2.05) is 39.3 Å². The molecule has 1 atom stereocenters. The standard InChI is InChI=1S/C22H41N7O2.HI/c1-7-11-18(26-21(30)31-22(3,4)5)14-23-20(25-17-12-9-8-10-13-17)24-15-19-28-27-16(2)29(19)6;/h17-18H,7-15H2,1-6H3,(H,26,30)(H2,23,24,25);1H. The molecule has 1 aliphatic carbocycles. The maximum Gasteiger partial charge on any atom is 0.407 e. The molecule has 0 spiro atoms. The number of carbonyl (C=O) groups excluding carboxylic acids is 1. The third kappa shape index (κ3) is 10.4. The number of nitrogens with one attached hydrogen (secondary N) is 3. The van der Waals surface area contributed by atoms with Gasteiger partial charge in [0.25, 0.3) is 0 Å². The van der Waals surface area contributed by atoms with Gasteiger partial charge in [-0.3, -0.25) is 0 Å². The molecule has 1 unspecified atom stereocenters. The normalized spacial score (nSPS) is 16.1. The molecule has 3 N–H and O–H groups in total. The molecule has 1 saturated carbocycles. The number of guanidine groups is 1. The van der Waals surface area contributed by atoms with Crippen LogP contribution in [0.15, 0.2) is 4.99 Å². The average molecular weight is 564 g/mol. The highest BCUT2D eigenvalue weighted by molar-refractivity contribution is 14.0. The molecule has 1 amide bonds. The molecule has 0 radical (unpaired) electrons. The minimum atomic E-state index is -0.516. The summed E-state index contributed by atoms with van der Waals surface area (Å²) in [4.78, 5) is 17.0. The van der Waals surface area contributed by atoms with Gasteiger partial charge in [0.1, 0.15) is 18.0 Å². The Labute approximate surface area is 210 Å². The van der Waals surface area contributed by atoms with Gasteiger partial charge in [-0.1, -0.05) is 32.6 Å². The molecule has 0 aliphatic heterocycles. The second kappa shape index (κ2) is 13.8. The number of alkyl carbamates (subject to hydrolysis) is 1. The van der Waals surface area contributed by atoms with Crippen molar-refractivity contribution in [1.82, 2.24) is 30.7 Å². The molecule has 0 saturated heterocycles. The van der Waals surface area contributed by atoms with Gasteiger partial charge < -0.3 is 25.3 Å². The number of nitrogens with zero attached hydrogens (tertiary/aromatic N) is 4. The number of hydrogen-bond donors (Lipinski definition) is 3. The minimum absolute atomic E-state index is 0. The maximum absolute atomic E-state index is 12.2. The fourth-order valence-electron chi connectivity index (χ4n) is 3.60. The van der Waals surface area contributed by atoms with Crippen molar-refractivity contribution in [3.63, 3.8) is 0 Å². The first-order chi connectivity index (χ1) is 14.7. The van der Waals surface area contributed by atoms with E-state index in [0.717, 1.165) is 43.3 Å². The number of aryl methyl sites for hydroxylation is 1. The van der Waals surface area contributed by atoms with Crippen molar-refractivity contribution in [3.8, 4) is 0 Å². The Hall–Kier alpha value is -1.59. The highest BCUT2D eigenvalue weighted by Crippen LogP contribution is 2.17. The van der Waals surface area contributed by atoms with Crippen LogP contribution in [-0.4, -0.2) is 51.0 Å². The first-order valence-electron chi connectivity index (χ1n) is 11.6. The van der Waals surface area contributed by atoms with E-state index in [0.29, 0.717) is 19.1 Å². The van der Waals surface area contributed by atoms with Crippen LogP contribution in [0, 0.1) is 6.92 Å². The molecule has 1 heterocycles. The number of carbonyl (C=O) groups is 1. The molecule has 32 heavy (non-hydrogen) atoms. The Morgan fingerprint density at radius 2 is 1.94 bits per heavy atom. The number of amides is 1. The topological polar surface area (TPSA) is 105 Å². The largest absolute Gasteiger partial charge is 0.444 e. The zero-order valence-electron chi connectivity index (χ0n) is 20.5. The number of aromatic nitrogens is 3. The van der Waals surface area contributed by atoms with Crippen molar-refractivity contribution in [2.24, 2.45) is 12.0 Å². The predicted molar refractivity (Wildman–Crippen MR) is 138 cm³/mol. The SMILES string of the molecule is CCCC(CNC(=NCc1nnc(C)n1C)NC1CCCCC1)NC(=O)OC(C)(C)C.I. The zero-order chi connectivity index (χ0) is 22.9. The predicted octanol–water partition coefficient (Wildman–Crippen LogP) is 3.80. The summed E-state index contributed by atoms with van der Waals surface area (Å²) in [5.74, 6) is 2.43. The van der Waals surface area contributed by atoms with Crippen LogP contribution in [0.1, 0.15) is 84.3 Å². The van der Waals surface area contributed by atoms with Crippen LogP contribution in [0.3, 0.4) is 0 Å². The summed E-state index contributed by atoms with van der Waals surface area (Å²) < 4.78 is 7.37. The Morgan fingerprint density at radius 3 is 2.50 bits per heavy atom. The van der Waals surface area contributed by atoms with E-state index in [9.17, 15) is 4.79 Å². The molecule has 0 bridgehead atoms. The molecule has 1 aromatic rings. The summed E-state index contributed by atoms with van der Waals surface area (Å²) in [5.41, 5.74) is -0.516. The van der Waals surface area contributed by atoms with Crippen LogP contribution in [-0.2, 0) is 18.3 Å². The second-order valence-corrected chi connectivity index (χ2v) is 9.38. The lowest BCUT2D eigenvalue weighted by atomic mass is 9.96. The monoisotopic (exact) mass is 563 g/mol. The molecule has 1 fully saturated rings. The maximum atomic E-state index is 12.2. The zero-order valence-corrected chi connectivity index (χ0v) is 22.9. The summed E-state index contributed by atoms with van der Waals surface area (Å²) >= 11 is 0. The number of rotatable bonds is 8. The Balaban J connectivity index is 0.00000512. The van der Waals surface area contributed by atoms with Gasteiger partial charge in [-0.05, 0) is 47.0 Å². The van der Waals surface area contributed by atoms with Crippen molar-refractivity contribution >= 4 is 36.0 Å². The Morgan fingerprint density at radius 1 is 1.25 bits per heavy atom. The highest BCUT2D eigenvalue weighted by Gasteiger charge is 2.20. The summed E-state index contributed by atoms with van der Waals surface area (Å²) in [5, 5.41) is 18.3. The van der Waals surface area contributed by atoms with E-state index in [1.165, 1.54) is 19.3 Å². The fourth-order valence-corrected chi connectivity index (χ4v) is 3.60. The van der Waals surface area contributed by atoms with Crippen LogP contribution in [0.25, 0.3) is 0 Å². The average Bonchev–Trinajstić information content (AvgIpc) is 3.01. The molecule has 0 aromatic carbocycles. The summed E-state index contributed by atoms with van der Waals surface area (Å²) in [7, 11) is 1.95. The fraction of sp³-hybridized carbons (Fsp3) is 0.818. The van der Waals surface area contributed by atoms with Gasteiger partial charge in [-0.25, -0.2) is 9.79 Å². The van der Waals surface area contributed by atoms with E-state index in [1.54, 1.807) is 0 Å². The quantitative estimate of drug-likeness (QED) is 0.253. The van der Waals surface area contributed by atoms with Crippen molar-refractivity contribution < 1.29 is 9.53 Å². The number of hydrogen-bond acceptors (Lipinski definition) is 5. The molecule has 2 rings (SSSR count). The highest BCUT2D eigenvalue weighted by atomic mass is 127. The van der Waals surface area contributed by atoms with E-state index >= 15 is 0 Å². The van der Waals surface area contributed by atoms with Gasteiger partial charge in [0, 0.05) is 25.7 Å². The summed E-state index contributed by atoms with van der Waals surface area (Å²) in [6, 6.07) is 0.375. The van der Waals surface area contributed by atoms with Crippen molar-refractivity contribution in [2.45, 2.75) is 104 Å². The van der Waals surface area contributed by atoms with Crippen molar-refractivity contribution in [2.75, 3.05) is 6.54 Å². The molecule has 10 heteroatoms. The lowest BCUT2D eigenvalue weighted by molar-refractivity contribution is 0.0502. The molecular weight excluding hydrogens is 521 g/mol. The molecule has 1 aromatic heterocycles. The van der Waals surface area contributed by atoms with E-state index in [2.05, 4.69) is 33.1 Å². The van der Waals surface area contributed by atoms with Crippen molar-refractivity contribution in [1.29, 1.82) is 0 Å². The van der Waals surface area contributed by atoms with Gasteiger partial charge in [0.05, 0.1) is 0 Å². The molecule has 1 aliphatic rings. The lowest BCUT2D eigenvalue weighted by Crippen LogP contribution is -2.50. The number of halogens is 1. The molecule has 9 nitrogen and oxygen atoms in total. The first kappa shape index (κ1) is 28.4. The van der Waals surface area contributed by atoms with E-state index < -0.39 is 5.60 Å². The van der Waals surface area contributed by atoms with Gasteiger partial charge >= 0.3 is 6.09 Å². The van der Waals surface area contributed by atoms with Crippen LogP contribution in [0.5, 0.6) is 0 Å².